The first-order valence-corrected chi connectivity index (χ1v) is 9.81. The molecule has 0 bridgehead atoms. The van der Waals surface area contributed by atoms with Crippen molar-refractivity contribution in [2.75, 3.05) is 14.1 Å². The number of aromatic nitrogens is 2. The molecule has 0 radical (unpaired) electrons. The number of hydrogen-bond acceptors (Lipinski definition) is 4. The Balaban J connectivity index is 1.61. The van der Waals surface area contributed by atoms with E-state index >= 15 is 0 Å². The average molecular weight is 400 g/mol. The van der Waals surface area contributed by atoms with Gasteiger partial charge >= 0.3 is 0 Å². The molecule has 0 aliphatic carbocycles. The van der Waals surface area contributed by atoms with Gasteiger partial charge in [0.25, 0.3) is 5.91 Å². The van der Waals surface area contributed by atoms with Crippen LogP contribution in [0, 0.1) is 0 Å². The number of hydrogen-bond donors (Lipinski definition) is 1. The third kappa shape index (κ3) is 4.34. The summed E-state index contributed by atoms with van der Waals surface area (Å²) in [5.41, 5.74) is 4.17. The Morgan fingerprint density at radius 1 is 1.00 bits per heavy atom. The number of benzene rings is 2. The Labute approximate surface area is 175 Å². The molecule has 0 unspecified atom stereocenters. The highest BCUT2D eigenvalue weighted by Crippen LogP contribution is 2.22. The molecule has 1 N–H and O–H groups in total. The zero-order valence-corrected chi connectivity index (χ0v) is 17.1. The molecule has 0 atom stereocenters. The van der Waals surface area contributed by atoms with E-state index in [9.17, 15) is 4.79 Å². The fourth-order valence-corrected chi connectivity index (χ4v) is 3.34. The zero-order chi connectivity index (χ0) is 20.9. The predicted molar refractivity (Wildman–Crippen MR) is 116 cm³/mol. The lowest BCUT2D eigenvalue weighted by Gasteiger charge is -2.15. The number of nitrogens with one attached hydrogen (secondary N) is 1. The van der Waals surface area contributed by atoms with Crippen LogP contribution in [0.15, 0.2) is 83.5 Å². The van der Waals surface area contributed by atoms with Crippen molar-refractivity contribution in [3.63, 3.8) is 0 Å². The SMILES string of the molecule is CN(C)Cc1ccccc1CNC(=O)c1cc(-c2ccco2)nn1-c1ccccc1. The second-order valence-corrected chi connectivity index (χ2v) is 7.33. The van der Waals surface area contributed by atoms with Crippen molar-refractivity contribution in [3.8, 4) is 17.1 Å². The summed E-state index contributed by atoms with van der Waals surface area (Å²) in [6.45, 7) is 1.26. The standard InChI is InChI=1S/C24H24N4O2/c1-27(2)17-19-10-7-6-9-18(19)16-25-24(29)22-15-21(23-13-8-14-30-23)26-28(22)20-11-4-3-5-12-20/h3-15H,16-17H2,1-2H3,(H,25,29). The monoisotopic (exact) mass is 400 g/mol. The fraction of sp³-hybridized carbons (Fsp3) is 0.167. The summed E-state index contributed by atoms with van der Waals surface area (Å²) < 4.78 is 7.12. The summed E-state index contributed by atoms with van der Waals surface area (Å²) in [6.07, 6.45) is 1.60. The lowest BCUT2D eigenvalue weighted by Crippen LogP contribution is -2.26. The van der Waals surface area contributed by atoms with E-state index in [1.165, 1.54) is 5.56 Å². The topological polar surface area (TPSA) is 63.3 Å². The van der Waals surface area contributed by atoms with Gasteiger partial charge < -0.3 is 14.6 Å². The predicted octanol–water partition coefficient (Wildman–Crippen LogP) is 4.12. The van der Waals surface area contributed by atoms with E-state index in [1.54, 1.807) is 23.1 Å². The minimum Gasteiger partial charge on any atom is -0.463 e. The van der Waals surface area contributed by atoms with Gasteiger partial charge in [0.1, 0.15) is 11.4 Å². The molecule has 2 aromatic heterocycles. The number of rotatable bonds is 7. The first kappa shape index (κ1) is 19.7. The Bertz CT molecular complexity index is 1120. The van der Waals surface area contributed by atoms with Crippen LogP contribution in [0.25, 0.3) is 17.1 Å². The summed E-state index contributed by atoms with van der Waals surface area (Å²) in [5, 5.41) is 7.66. The molecule has 30 heavy (non-hydrogen) atoms. The molecule has 6 heteroatoms. The second kappa shape index (κ2) is 8.80. The second-order valence-electron chi connectivity index (χ2n) is 7.33. The molecule has 0 aliphatic heterocycles. The maximum atomic E-state index is 13.1. The van der Waals surface area contributed by atoms with Crippen molar-refractivity contribution < 1.29 is 9.21 Å². The largest absolute Gasteiger partial charge is 0.463 e. The van der Waals surface area contributed by atoms with Gasteiger partial charge in [-0.05, 0) is 49.5 Å². The molecule has 1 amide bonds. The van der Waals surface area contributed by atoms with E-state index in [1.807, 2.05) is 68.7 Å². The summed E-state index contributed by atoms with van der Waals surface area (Å²) >= 11 is 0. The van der Waals surface area contributed by atoms with Gasteiger partial charge in [0.15, 0.2) is 5.76 Å². The quantitative estimate of drug-likeness (QED) is 0.507. The van der Waals surface area contributed by atoms with E-state index < -0.39 is 0 Å². The summed E-state index contributed by atoms with van der Waals surface area (Å²) in [7, 11) is 4.06. The first-order valence-electron chi connectivity index (χ1n) is 9.81. The van der Waals surface area contributed by atoms with Crippen LogP contribution in [0.2, 0.25) is 0 Å². The van der Waals surface area contributed by atoms with Crippen molar-refractivity contribution in [1.82, 2.24) is 20.0 Å². The molecule has 0 saturated carbocycles. The Hall–Kier alpha value is -3.64. The Morgan fingerprint density at radius 2 is 1.73 bits per heavy atom. The van der Waals surface area contributed by atoms with E-state index in [0.717, 1.165) is 17.8 Å². The smallest absolute Gasteiger partial charge is 0.270 e. The molecular weight excluding hydrogens is 376 g/mol. The van der Waals surface area contributed by atoms with Gasteiger partial charge in [-0.3, -0.25) is 4.79 Å². The van der Waals surface area contributed by atoms with Gasteiger partial charge in [0.2, 0.25) is 0 Å². The molecule has 2 aromatic carbocycles. The molecule has 0 aliphatic rings. The maximum Gasteiger partial charge on any atom is 0.270 e. The minimum absolute atomic E-state index is 0.191. The Morgan fingerprint density at radius 3 is 2.43 bits per heavy atom. The summed E-state index contributed by atoms with van der Waals surface area (Å²) in [4.78, 5) is 15.2. The van der Waals surface area contributed by atoms with Gasteiger partial charge in [-0.1, -0.05) is 42.5 Å². The Kier molecular flexibility index (Phi) is 5.77. The van der Waals surface area contributed by atoms with E-state index in [2.05, 4.69) is 21.4 Å². The van der Waals surface area contributed by atoms with Crippen LogP contribution < -0.4 is 5.32 Å². The highest BCUT2D eigenvalue weighted by molar-refractivity contribution is 5.94. The molecular formula is C24H24N4O2. The number of amides is 1. The highest BCUT2D eigenvalue weighted by atomic mass is 16.3. The van der Waals surface area contributed by atoms with Crippen LogP contribution in [0.4, 0.5) is 0 Å². The van der Waals surface area contributed by atoms with Crippen LogP contribution in [0.1, 0.15) is 21.6 Å². The highest BCUT2D eigenvalue weighted by Gasteiger charge is 2.19. The van der Waals surface area contributed by atoms with Crippen molar-refractivity contribution in [3.05, 3.63) is 95.9 Å². The van der Waals surface area contributed by atoms with Crippen molar-refractivity contribution in [1.29, 1.82) is 0 Å². The molecule has 0 fully saturated rings. The average Bonchev–Trinajstić information content (AvgIpc) is 3.43. The van der Waals surface area contributed by atoms with Gasteiger partial charge in [0.05, 0.1) is 12.0 Å². The van der Waals surface area contributed by atoms with E-state index in [4.69, 9.17) is 4.42 Å². The third-order valence-electron chi connectivity index (χ3n) is 4.76. The van der Waals surface area contributed by atoms with Crippen LogP contribution in [-0.2, 0) is 13.1 Å². The third-order valence-corrected chi connectivity index (χ3v) is 4.76. The number of carbonyl (C=O) groups excluding carboxylic acids is 1. The fourth-order valence-electron chi connectivity index (χ4n) is 3.34. The lowest BCUT2D eigenvalue weighted by molar-refractivity contribution is 0.0943. The first-order chi connectivity index (χ1) is 14.6. The molecule has 2 heterocycles. The normalized spacial score (nSPS) is 11.0. The van der Waals surface area contributed by atoms with Crippen LogP contribution >= 0.6 is 0 Å². The number of furan rings is 1. The molecule has 4 aromatic rings. The van der Waals surface area contributed by atoms with Gasteiger partial charge in [-0.15, -0.1) is 0 Å². The minimum atomic E-state index is -0.191. The zero-order valence-electron chi connectivity index (χ0n) is 17.1. The van der Waals surface area contributed by atoms with Crippen LogP contribution in [0.3, 0.4) is 0 Å². The maximum absolute atomic E-state index is 13.1. The summed E-state index contributed by atoms with van der Waals surface area (Å²) in [6, 6.07) is 23.1. The van der Waals surface area contributed by atoms with Crippen molar-refractivity contribution in [2.24, 2.45) is 0 Å². The summed E-state index contributed by atoms with van der Waals surface area (Å²) in [5.74, 6) is 0.430. The molecule has 6 nitrogen and oxygen atoms in total. The van der Waals surface area contributed by atoms with Crippen molar-refractivity contribution in [2.45, 2.75) is 13.1 Å². The van der Waals surface area contributed by atoms with Crippen LogP contribution in [0.5, 0.6) is 0 Å². The van der Waals surface area contributed by atoms with Gasteiger partial charge in [0, 0.05) is 19.2 Å². The molecule has 0 spiro atoms. The van der Waals surface area contributed by atoms with Gasteiger partial charge in [-0.25, -0.2) is 4.68 Å². The lowest BCUT2D eigenvalue weighted by atomic mass is 10.1. The number of carbonyl (C=O) groups is 1. The molecule has 0 saturated heterocycles. The number of nitrogens with zero attached hydrogens (tertiary/aromatic N) is 3. The van der Waals surface area contributed by atoms with Crippen molar-refractivity contribution >= 4 is 5.91 Å². The molecule has 152 valence electrons. The van der Waals surface area contributed by atoms with Gasteiger partial charge in [-0.2, -0.15) is 5.10 Å². The number of para-hydroxylation sites is 1. The van der Waals surface area contributed by atoms with Crippen LogP contribution in [-0.4, -0.2) is 34.7 Å². The van der Waals surface area contributed by atoms with E-state index in [0.29, 0.717) is 23.7 Å². The van der Waals surface area contributed by atoms with E-state index in [-0.39, 0.29) is 5.91 Å². The molecule has 4 rings (SSSR count).